The summed E-state index contributed by atoms with van der Waals surface area (Å²) in [5, 5.41) is 13.2. The number of hydrogen-bond donors (Lipinski definition) is 2. The largest absolute Gasteiger partial charge is 0.505 e. The summed E-state index contributed by atoms with van der Waals surface area (Å²) in [5.74, 6) is -0.958. The van der Waals surface area contributed by atoms with Crippen LogP contribution in [0.4, 0.5) is 4.39 Å². The number of nitrogens with one attached hydrogen (secondary N) is 1. The van der Waals surface area contributed by atoms with Crippen molar-refractivity contribution in [1.29, 1.82) is 0 Å². The van der Waals surface area contributed by atoms with Crippen molar-refractivity contribution in [3.63, 3.8) is 0 Å². The maximum Gasteiger partial charge on any atom is 0.165 e. The zero-order chi connectivity index (χ0) is 13.1. The molecule has 0 aliphatic rings. The van der Waals surface area contributed by atoms with E-state index in [-0.39, 0.29) is 11.8 Å². The standard InChI is InChI=1S/C13H15FN2OS/c1-3-15-8(2)12-7-16-13(18-12)9-4-5-11(17)10(14)6-9/h4-8,15,17H,3H2,1-2H3. The molecule has 0 saturated carbocycles. The van der Waals surface area contributed by atoms with Crippen molar-refractivity contribution in [2.75, 3.05) is 6.54 Å². The molecule has 1 unspecified atom stereocenters. The van der Waals surface area contributed by atoms with Crippen LogP contribution in [0.15, 0.2) is 24.4 Å². The Morgan fingerprint density at radius 1 is 1.50 bits per heavy atom. The van der Waals surface area contributed by atoms with Crippen LogP contribution in [0.2, 0.25) is 0 Å². The van der Waals surface area contributed by atoms with Gasteiger partial charge in [0.15, 0.2) is 11.6 Å². The Morgan fingerprint density at radius 3 is 2.94 bits per heavy atom. The van der Waals surface area contributed by atoms with Gasteiger partial charge in [0, 0.05) is 22.7 Å². The quantitative estimate of drug-likeness (QED) is 0.892. The second kappa shape index (κ2) is 5.46. The van der Waals surface area contributed by atoms with Crippen LogP contribution in [0, 0.1) is 5.82 Å². The Bertz CT molecular complexity index is 542. The fraction of sp³-hybridized carbons (Fsp3) is 0.308. The first-order valence-electron chi connectivity index (χ1n) is 5.79. The first-order valence-corrected chi connectivity index (χ1v) is 6.61. The summed E-state index contributed by atoms with van der Waals surface area (Å²) in [5.41, 5.74) is 0.685. The maximum absolute atomic E-state index is 13.3. The Hall–Kier alpha value is -1.46. The zero-order valence-corrected chi connectivity index (χ0v) is 11.1. The summed E-state index contributed by atoms with van der Waals surface area (Å²) in [4.78, 5) is 5.40. The molecule has 3 nitrogen and oxygen atoms in total. The minimum Gasteiger partial charge on any atom is -0.505 e. The highest BCUT2D eigenvalue weighted by Gasteiger charge is 2.11. The van der Waals surface area contributed by atoms with Crippen molar-refractivity contribution >= 4 is 11.3 Å². The number of aromatic nitrogens is 1. The van der Waals surface area contributed by atoms with Gasteiger partial charge in [0.1, 0.15) is 5.01 Å². The summed E-state index contributed by atoms with van der Waals surface area (Å²) in [6, 6.07) is 4.55. The predicted octanol–water partition coefficient (Wildman–Crippen LogP) is 3.33. The Kier molecular flexibility index (Phi) is 3.93. The lowest BCUT2D eigenvalue weighted by Gasteiger charge is -2.08. The number of aromatic hydroxyl groups is 1. The molecule has 1 heterocycles. The molecule has 1 atom stereocenters. The molecule has 0 aliphatic carbocycles. The summed E-state index contributed by atoms with van der Waals surface area (Å²) in [6.45, 7) is 5.01. The van der Waals surface area contributed by atoms with E-state index >= 15 is 0 Å². The van der Waals surface area contributed by atoms with Gasteiger partial charge in [0.2, 0.25) is 0 Å². The Labute approximate surface area is 109 Å². The van der Waals surface area contributed by atoms with E-state index in [1.54, 1.807) is 12.3 Å². The molecule has 0 aliphatic heterocycles. The average Bonchev–Trinajstić information content (AvgIpc) is 2.82. The number of nitrogens with zero attached hydrogens (tertiary/aromatic N) is 1. The molecule has 5 heteroatoms. The van der Waals surface area contributed by atoms with Crippen LogP contribution in [-0.4, -0.2) is 16.6 Å². The van der Waals surface area contributed by atoms with Crippen LogP contribution >= 0.6 is 11.3 Å². The third kappa shape index (κ3) is 2.68. The van der Waals surface area contributed by atoms with E-state index in [0.29, 0.717) is 5.56 Å². The molecule has 1 aromatic heterocycles. The molecular formula is C13H15FN2OS. The summed E-state index contributed by atoms with van der Waals surface area (Å²) >= 11 is 1.53. The van der Waals surface area contributed by atoms with E-state index in [2.05, 4.69) is 17.2 Å². The topological polar surface area (TPSA) is 45.2 Å². The number of rotatable bonds is 4. The SMILES string of the molecule is CCNC(C)c1cnc(-c2ccc(O)c(F)c2)s1. The number of halogens is 1. The molecular weight excluding hydrogens is 251 g/mol. The number of phenolic OH excluding ortho intramolecular Hbond substituents is 1. The normalized spacial score (nSPS) is 12.6. The minimum absolute atomic E-state index is 0.239. The molecule has 1 aromatic carbocycles. The van der Waals surface area contributed by atoms with Gasteiger partial charge in [0.05, 0.1) is 0 Å². The van der Waals surface area contributed by atoms with Crippen LogP contribution in [0.5, 0.6) is 5.75 Å². The van der Waals surface area contributed by atoms with Crippen molar-refractivity contribution in [3.8, 4) is 16.3 Å². The van der Waals surface area contributed by atoms with E-state index in [1.807, 2.05) is 6.92 Å². The predicted molar refractivity (Wildman–Crippen MR) is 71.3 cm³/mol. The second-order valence-electron chi connectivity index (χ2n) is 4.01. The number of hydrogen-bond acceptors (Lipinski definition) is 4. The number of thiazole rings is 1. The van der Waals surface area contributed by atoms with Crippen molar-refractivity contribution in [1.82, 2.24) is 10.3 Å². The highest BCUT2D eigenvalue weighted by atomic mass is 32.1. The second-order valence-corrected chi connectivity index (χ2v) is 5.08. The van der Waals surface area contributed by atoms with Gasteiger partial charge in [-0.1, -0.05) is 6.92 Å². The van der Waals surface area contributed by atoms with Crippen molar-refractivity contribution in [3.05, 3.63) is 35.1 Å². The zero-order valence-electron chi connectivity index (χ0n) is 10.3. The van der Waals surface area contributed by atoms with Crippen molar-refractivity contribution in [2.45, 2.75) is 19.9 Å². The molecule has 0 radical (unpaired) electrons. The van der Waals surface area contributed by atoms with E-state index in [0.717, 1.165) is 16.4 Å². The van der Waals surface area contributed by atoms with E-state index in [1.165, 1.54) is 23.5 Å². The van der Waals surface area contributed by atoms with E-state index in [4.69, 9.17) is 5.11 Å². The monoisotopic (exact) mass is 266 g/mol. The summed E-state index contributed by atoms with van der Waals surface area (Å²) in [7, 11) is 0. The molecule has 18 heavy (non-hydrogen) atoms. The molecule has 96 valence electrons. The summed E-state index contributed by atoms with van der Waals surface area (Å²) in [6.07, 6.45) is 1.80. The van der Waals surface area contributed by atoms with Gasteiger partial charge in [-0.3, -0.25) is 0 Å². The third-order valence-electron chi connectivity index (χ3n) is 2.66. The van der Waals surface area contributed by atoms with Gasteiger partial charge in [-0.05, 0) is 31.7 Å². The van der Waals surface area contributed by atoms with Crippen LogP contribution < -0.4 is 5.32 Å². The molecule has 0 spiro atoms. The minimum atomic E-state index is -0.621. The average molecular weight is 266 g/mol. The lowest BCUT2D eigenvalue weighted by atomic mass is 10.2. The third-order valence-corrected chi connectivity index (χ3v) is 3.88. The smallest absolute Gasteiger partial charge is 0.165 e. The highest BCUT2D eigenvalue weighted by Crippen LogP contribution is 2.30. The van der Waals surface area contributed by atoms with Gasteiger partial charge in [-0.25, -0.2) is 9.37 Å². The molecule has 0 fully saturated rings. The lowest BCUT2D eigenvalue weighted by Crippen LogP contribution is -2.16. The molecule has 2 aromatic rings. The van der Waals surface area contributed by atoms with Crippen molar-refractivity contribution in [2.24, 2.45) is 0 Å². The van der Waals surface area contributed by atoms with Gasteiger partial charge >= 0.3 is 0 Å². The molecule has 2 rings (SSSR count). The molecule has 0 amide bonds. The van der Waals surface area contributed by atoms with Crippen molar-refractivity contribution < 1.29 is 9.50 Å². The Balaban J connectivity index is 2.26. The number of phenols is 1. The van der Waals surface area contributed by atoms with Crippen LogP contribution in [-0.2, 0) is 0 Å². The Morgan fingerprint density at radius 2 is 2.28 bits per heavy atom. The first-order chi connectivity index (χ1) is 8.61. The van der Waals surface area contributed by atoms with Crippen LogP contribution in [0.25, 0.3) is 10.6 Å². The molecule has 2 N–H and O–H groups in total. The van der Waals surface area contributed by atoms with Gasteiger partial charge in [-0.15, -0.1) is 11.3 Å². The first kappa shape index (κ1) is 13.0. The fourth-order valence-corrected chi connectivity index (χ4v) is 2.61. The highest BCUT2D eigenvalue weighted by molar-refractivity contribution is 7.15. The lowest BCUT2D eigenvalue weighted by molar-refractivity contribution is 0.432. The van der Waals surface area contributed by atoms with Crippen LogP contribution in [0.3, 0.4) is 0 Å². The molecule has 0 saturated heterocycles. The van der Waals surface area contributed by atoms with Gasteiger partial charge in [-0.2, -0.15) is 0 Å². The molecule has 0 bridgehead atoms. The van der Waals surface area contributed by atoms with E-state index in [9.17, 15) is 4.39 Å². The summed E-state index contributed by atoms with van der Waals surface area (Å²) < 4.78 is 13.3. The fourth-order valence-electron chi connectivity index (χ4n) is 1.67. The maximum atomic E-state index is 13.3. The number of benzene rings is 1. The van der Waals surface area contributed by atoms with Gasteiger partial charge in [0.25, 0.3) is 0 Å². The van der Waals surface area contributed by atoms with Gasteiger partial charge < -0.3 is 10.4 Å². The van der Waals surface area contributed by atoms with Crippen LogP contribution in [0.1, 0.15) is 24.8 Å². The van der Waals surface area contributed by atoms with E-state index < -0.39 is 5.82 Å².